The van der Waals surface area contributed by atoms with E-state index in [2.05, 4.69) is 32.4 Å². The third-order valence-electron chi connectivity index (χ3n) is 6.34. The Hall–Kier alpha value is -4.50. The van der Waals surface area contributed by atoms with Crippen LogP contribution in [-0.2, 0) is 0 Å². The number of amides is 1. The lowest BCUT2D eigenvalue weighted by atomic mass is 10.0. The molecule has 6 rings (SSSR count). The molecule has 3 aromatic heterocycles. The third-order valence-corrected chi connectivity index (χ3v) is 7.13. The molecule has 5 aromatic rings. The van der Waals surface area contributed by atoms with E-state index in [1.807, 2.05) is 29.8 Å². The number of hydrogen-bond acceptors (Lipinski definition) is 6. The zero-order chi connectivity index (χ0) is 24.6. The van der Waals surface area contributed by atoms with E-state index < -0.39 is 5.97 Å². The lowest BCUT2D eigenvalue weighted by Gasteiger charge is -2.26. The number of aromatic nitrogens is 3. The molecule has 8 nitrogen and oxygen atoms in total. The fourth-order valence-corrected chi connectivity index (χ4v) is 5.18. The minimum Gasteiger partial charge on any atom is -0.478 e. The average Bonchev–Trinajstić information content (AvgIpc) is 3.56. The van der Waals surface area contributed by atoms with Gasteiger partial charge in [0.15, 0.2) is 0 Å². The van der Waals surface area contributed by atoms with Crippen molar-refractivity contribution in [2.45, 2.75) is 6.42 Å². The third kappa shape index (κ3) is 4.09. The summed E-state index contributed by atoms with van der Waals surface area (Å²) in [7, 11) is 0. The van der Waals surface area contributed by atoms with Crippen molar-refractivity contribution < 1.29 is 14.7 Å². The highest BCUT2D eigenvalue weighted by molar-refractivity contribution is 7.16. The van der Waals surface area contributed by atoms with Crippen LogP contribution in [0.25, 0.3) is 26.8 Å². The molecule has 9 heteroatoms. The second-order valence-corrected chi connectivity index (χ2v) is 9.47. The zero-order valence-corrected chi connectivity index (χ0v) is 19.9. The Morgan fingerprint density at radius 1 is 1.06 bits per heavy atom. The highest BCUT2D eigenvalue weighted by Crippen LogP contribution is 2.31. The van der Waals surface area contributed by atoms with Crippen molar-refractivity contribution in [2.24, 2.45) is 0 Å². The number of hydrogen-bond donors (Lipinski definition) is 3. The van der Waals surface area contributed by atoms with Crippen LogP contribution in [0.4, 0.5) is 11.4 Å². The fourth-order valence-electron chi connectivity index (χ4n) is 4.46. The van der Waals surface area contributed by atoms with Crippen molar-refractivity contribution in [3.63, 3.8) is 0 Å². The Kier molecular flexibility index (Phi) is 5.46. The van der Waals surface area contributed by atoms with Crippen LogP contribution < -0.4 is 5.32 Å². The van der Waals surface area contributed by atoms with Gasteiger partial charge in [-0.05, 0) is 60.5 Å². The minimum absolute atomic E-state index is 0.107. The second-order valence-electron chi connectivity index (χ2n) is 8.58. The van der Waals surface area contributed by atoms with Gasteiger partial charge in [-0.15, -0.1) is 11.3 Å². The van der Waals surface area contributed by atoms with Crippen LogP contribution in [0.2, 0.25) is 0 Å². The summed E-state index contributed by atoms with van der Waals surface area (Å²) in [5.74, 6) is -1.22. The number of pyridine rings is 1. The van der Waals surface area contributed by atoms with E-state index in [1.165, 1.54) is 12.1 Å². The summed E-state index contributed by atoms with van der Waals surface area (Å²) in [6.07, 6.45) is 4.50. The number of nitrogens with one attached hydrogen (secondary N) is 2. The van der Waals surface area contributed by atoms with E-state index in [9.17, 15) is 14.7 Å². The van der Waals surface area contributed by atoms with Gasteiger partial charge in [-0.3, -0.25) is 4.79 Å². The second kappa shape index (κ2) is 8.94. The molecule has 0 radical (unpaired) electrons. The maximum atomic E-state index is 12.9. The molecule has 1 aliphatic rings. The summed E-state index contributed by atoms with van der Waals surface area (Å²) >= 11 is 1.61. The number of rotatable bonds is 5. The van der Waals surface area contributed by atoms with Crippen LogP contribution in [0.3, 0.4) is 0 Å². The molecular formula is C27H21N5O3S. The first kappa shape index (κ1) is 22.0. The Bertz CT molecular complexity index is 1670. The van der Waals surface area contributed by atoms with Crippen LogP contribution in [0.1, 0.15) is 32.8 Å². The molecule has 4 heterocycles. The zero-order valence-electron chi connectivity index (χ0n) is 19.1. The number of carbonyl (C=O) groups excluding carboxylic acids is 1. The van der Waals surface area contributed by atoms with Gasteiger partial charge >= 0.3 is 5.97 Å². The molecule has 2 aromatic carbocycles. The van der Waals surface area contributed by atoms with Crippen LogP contribution in [0.5, 0.6) is 0 Å². The van der Waals surface area contributed by atoms with Crippen molar-refractivity contribution >= 4 is 61.4 Å². The molecule has 0 aliphatic carbocycles. The van der Waals surface area contributed by atoms with Crippen LogP contribution in [-0.4, -0.2) is 49.9 Å². The van der Waals surface area contributed by atoms with Crippen LogP contribution >= 0.6 is 11.3 Å². The molecule has 0 bridgehead atoms. The van der Waals surface area contributed by atoms with Crippen LogP contribution in [0, 0.1) is 0 Å². The van der Waals surface area contributed by atoms with Crippen molar-refractivity contribution in [1.29, 1.82) is 0 Å². The van der Waals surface area contributed by atoms with Crippen molar-refractivity contribution in [3.8, 4) is 0 Å². The molecule has 1 amide bonds. The van der Waals surface area contributed by atoms with Crippen molar-refractivity contribution in [2.75, 3.05) is 18.4 Å². The van der Waals surface area contributed by atoms with Gasteiger partial charge in [0.05, 0.1) is 27.0 Å². The quantitative estimate of drug-likeness (QED) is 0.295. The molecule has 0 saturated heterocycles. The minimum atomic E-state index is -1.05. The van der Waals surface area contributed by atoms with Crippen molar-refractivity contribution in [1.82, 2.24) is 19.9 Å². The molecular weight excluding hydrogens is 474 g/mol. The summed E-state index contributed by atoms with van der Waals surface area (Å²) in [5, 5.41) is 13.7. The summed E-state index contributed by atoms with van der Waals surface area (Å²) in [6, 6.07) is 16.3. The predicted molar refractivity (Wildman–Crippen MR) is 141 cm³/mol. The van der Waals surface area contributed by atoms with E-state index in [0.717, 1.165) is 43.9 Å². The van der Waals surface area contributed by atoms with Gasteiger partial charge in [-0.2, -0.15) is 0 Å². The number of H-pyrrole nitrogens is 1. The number of nitrogens with zero attached hydrogens (tertiary/aromatic N) is 3. The molecule has 0 atom stereocenters. The number of carboxylic acid groups (broad SMARTS) is 1. The van der Waals surface area contributed by atoms with Gasteiger partial charge in [0, 0.05) is 41.6 Å². The Balaban J connectivity index is 1.22. The molecule has 178 valence electrons. The van der Waals surface area contributed by atoms with E-state index in [1.54, 1.807) is 34.6 Å². The molecule has 36 heavy (non-hydrogen) atoms. The highest BCUT2D eigenvalue weighted by Gasteiger charge is 2.21. The number of thiazole rings is 1. The highest BCUT2D eigenvalue weighted by atomic mass is 32.1. The molecule has 0 unspecified atom stereocenters. The van der Waals surface area contributed by atoms with E-state index in [-0.39, 0.29) is 11.5 Å². The van der Waals surface area contributed by atoms with Gasteiger partial charge in [0.1, 0.15) is 5.65 Å². The Morgan fingerprint density at radius 2 is 1.94 bits per heavy atom. The number of fused-ring (bicyclic) bond motifs is 2. The Morgan fingerprint density at radius 3 is 2.78 bits per heavy atom. The standard InChI is InChI=1S/C27H21N5O3S/c33-26(17-2-1-3-18(12-17)27(34)35)32-10-7-16(8-11-32)23-14-20-21(6-9-28-25(20)31-23)30-19-4-5-22-24(13-19)36-15-29-22/h1-7,9,12-15H,8,10-11H2,(H,34,35)(H2,28,30,31). The SMILES string of the molecule is O=C(O)c1cccc(C(=O)N2CC=C(c3cc4c(Nc5ccc6ncsc6c5)ccnc4[nH]3)CC2)c1. The maximum Gasteiger partial charge on any atom is 0.335 e. The first-order valence-corrected chi connectivity index (χ1v) is 12.3. The summed E-state index contributed by atoms with van der Waals surface area (Å²) in [6.45, 7) is 0.999. The monoisotopic (exact) mass is 495 g/mol. The topological polar surface area (TPSA) is 111 Å². The van der Waals surface area contributed by atoms with E-state index in [4.69, 9.17) is 0 Å². The van der Waals surface area contributed by atoms with Gasteiger partial charge in [-0.1, -0.05) is 12.1 Å². The van der Waals surface area contributed by atoms with E-state index >= 15 is 0 Å². The summed E-state index contributed by atoms with van der Waals surface area (Å²) < 4.78 is 1.13. The number of aromatic amines is 1. The van der Waals surface area contributed by atoms with Gasteiger partial charge in [-0.25, -0.2) is 14.8 Å². The predicted octanol–water partition coefficient (Wildman–Crippen LogP) is 5.54. The maximum absolute atomic E-state index is 12.9. The number of aromatic carboxylic acids is 1. The first-order chi connectivity index (χ1) is 17.5. The first-order valence-electron chi connectivity index (χ1n) is 11.5. The molecule has 1 aliphatic heterocycles. The average molecular weight is 496 g/mol. The molecule has 0 spiro atoms. The lowest BCUT2D eigenvalue weighted by molar-refractivity contribution is 0.0697. The van der Waals surface area contributed by atoms with Crippen LogP contribution in [0.15, 0.2) is 72.4 Å². The normalized spacial score (nSPS) is 13.7. The molecule has 0 saturated carbocycles. The van der Waals surface area contributed by atoms with Crippen molar-refractivity contribution in [3.05, 3.63) is 89.2 Å². The van der Waals surface area contributed by atoms with Gasteiger partial charge in [0.25, 0.3) is 5.91 Å². The number of carboxylic acids is 1. The van der Waals surface area contributed by atoms with Gasteiger partial charge < -0.3 is 20.3 Å². The van der Waals surface area contributed by atoms with Gasteiger partial charge in [0.2, 0.25) is 0 Å². The Labute approximate surface area is 209 Å². The smallest absolute Gasteiger partial charge is 0.335 e. The van der Waals surface area contributed by atoms with E-state index in [0.29, 0.717) is 25.1 Å². The summed E-state index contributed by atoms with van der Waals surface area (Å²) in [4.78, 5) is 38.1. The molecule has 0 fully saturated rings. The number of anilines is 2. The number of benzene rings is 2. The largest absolute Gasteiger partial charge is 0.478 e. The molecule has 3 N–H and O–H groups in total. The number of carbonyl (C=O) groups is 2. The summed E-state index contributed by atoms with van der Waals surface area (Å²) in [5.41, 5.74) is 8.15. The fraction of sp³-hybridized carbons (Fsp3) is 0.111. The lowest BCUT2D eigenvalue weighted by Crippen LogP contribution is -2.34.